The number of carboxylic acid groups (broad SMARTS) is 1. The second-order valence-corrected chi connectivity index (χ2v) is 4.98. The lowest BCUT2D eigenvalue weighted by molar-refractivity contribution is 0.0702. The number of carboxylic acids is 1. The molecule has 17 heavy (non-hydrogen) atoms. The first kappa shape index (κ1) is 14.2. The molecule has 0 fully saturated rings. The fraction of sp³-hybridized carbons (Fsp3) is 0.583. The molecule has 1 aromatic rings. The minimum atomic E-state index is -0.847. The van der Waals surface area contributed by atoms with Gasteiger partial charge >= 0.3 is 5.97 Å². The number of aryl methyl sites for hydroxylation is 1. The largest absolute Gasteiger partial charge is 0.477 e. The first-order valence-electron chi connectivity index (χ1n) is 5.76. The van der Waals surface area contributed by atoms with E-state index in [1.54, 1.807) is 6.07 Å². The van der Waals surface area contributed by atoms with Gasteiger partial charge in [-0.1, -0.05) is 0 Å². The van der Waals surface area contributed by atoms with Gasteiger partial charge in [0.1, 0.15) is 4.88 Å². The van der Waals surface area contributed by atoms with E-state index in [1.165, 1.54) is 11.3 Å². The lowest BCUT2D eigenvalue weighted by atomic mass is 10.2. The maximum absolute atomic E-state index is 10.8. The quantitative estimate of drug-likeness (QED) is 0.701. The van der Waals surface area contributed by atoms with Gasteiger partial charge in [0.25, 0.3) is 0 Å². The fourth-order valence-corrected chi connectivity index (χ4v) is 2.35. The zero-order chi connectivity index (χ0) is 12.7. The van der Waals surface area contributed by atoms with Crippen molar-refractivity contribution in [1.82, 2.24) is 5.32 Å². The summed E-state index contributed by atoms with van der Waals surface area (Å²) in [5.74, 6) is -0.847. The predicted octanol–water partition coefficient (Wildman–Crippen LogP) is 2.27. The first-order valence-corrected chi connectivity index (χ1v) is 6.57. The van der Waals surface area contributed by atoms with Crippen LogP contribution in [0, 0.1) is 6.92 Å². The molecule has 0 aromatic carbocycles. The Kier molecular flexibility index (Phi) is 6.18. The first-order chi connectivity index (χ1) is 8.15. The van der Waals surface area contributed by atoms with Crippen LogP contribution in [0.3, 0.4) is 0 Å². The van der Waals surface area contributed by atoms with E-state index in [0.717, 1.165) is 43.2 Å². The Morgan fingerprint density at radius 1 is 1.59 bits per heavy atom. The van der Waals surface area contributed by atoms with E-state index >= 15 is 0 Å². The molecule has 0 aliphatic carbocycles. The maximum Gasteiger partial charge on any atom is 0.345 e. The summed E-state index contributed by atoms with van der Waals surface area (Å²) in [5.41, 5.74) is 1.07. The molecule has 0 saturated carbocycles. The molecule has 4 nitrogen and oxygen atoms in total. The monoisotopic (exact) mass is 257 g/mol. The van der Waals surface area contributed by atoms with Gasteiger partial charge in [0.05, 0.1) is 0 Å². The molecular formula is C12H19NO3S. The third-order valence-electron chi connectivity index (χ3n) is 2.39. The van der Waals surface area contributed by atoms with Crippen molar-refractivity contribution in [2.24, 2.45) is 0 Å². The fourth-order valence-electron chi connectivity index (χ4n) is 1.47. The molecule has 0 saturated heterocycles. The van der Waals surface area contributed by atoms with Gasteiger partial charge < -0.3 is 15.2 Å². The average molecular weight is 257 g/mol. The van der Waals surface area contributed by atoms with E-state index in [4.69, 9.17) is 9.84 Å². The predicted molar refractivity (Wildman–Crippen MR) is 68.8 cm³/mol. The molecule has 0 atom stereocenters. The standard InChI is InChI=1S/C12H19NO3S/c1-3-16-6-4-5-13-8-10-7-11(12(14)15)17-9(10)2/h7,13H,3-6,8H2,1-2H3,(H,14,15). The molecule has 0 spiro atoms. The highest BCUT2D eigenvalue weighted by Crippen LogP contribution is 2.21. The highest BCUT2D eigenvalue weighted by molar-refractivity contribution is 7.14. The summed E-state index contributed by atoms with van der Waals surface area (Å²) in [7, 11) is 0. The van der Waals surface area contributed by atoms with Gasteiger partial charge in [-0.25, -0.2) is 4.79 Å². The summed E-state index contributed by atoms with van der Waals surface area (Å²) in [5, 5.41) is 12.2. The molecule has 96 valence electrons. The number of ether oxygens (including phenoxy) is 1. The van der Waals surface area contributed by atoms with Crippen LogP contribution in [0.15, 0.2) is 6.07 Å². The Bertz CT molecular complexity index is 363. The number of aromatic carboxylic acids is 1. The number of carbonyl (C=O) groups is 1. The average Bonchev–Trinajstić information content (AvgIpc) is 2.65. The van der Waals surface area contributed by atoms with Crippen LogP contribution >= 0.6 is 11.3 Å². The Balaban J connectivity index is 2.29. The SMILES string of the molecule is CCOCCCNCc1cc(C(=O)O)sc1C. The van der Waals surface area contributed by atoms with Crippen LogP contribution in [0.25, 0.3) is 0 Å². The molecule has 0 amide bonds. The van der Waals surface area contributed by atoms with Crippen molar-refractivity contribution in [3.63, 3.8) is 0 Å². The Morgan fingerprint density at radius 3 is 2.94 bits per heavy atom. The van der Waals surface area contributed by atoms with Crippen LogP contribution in [-0.4, -0.2) is 30.8 Å². The summed E-state index contributed by atoms with van der Waals surface area (Å²) < 4.78 is 5.23. The van der Waals surface area contributed by atoms with Crippen LogP contribution in [0.5, 0.6) is 0 Å². The molecule has 0 aliphatic heterocycles. The van der Waals surface area contributed by atoms with E-state index in [2.05, 4.69) is 5.32 Å². The Hall–Kier alpha value is -0.910. The normalized spacial score (nSPS) is 10.7. The van der Waals surface area contributed by atoms with Crippen molar-refractivity contribution in [3.05, 3.63) is 21.4 Å². The Morgan fingerprint density at radius 2 is 2.35 bits per heavy atom. The number of hydrogen-bond donors (Lipinski definition) is 2. The molecule has 0 aliphatic rings. The molecule has 1 heterocycles. The molecule has 1 aromatic heterocycles. The van der Waals surface area contributed by atoms with Crippen LogP contribution in [-0.2, 0) is 11.3 Å². The summed E-state index contributed by atoms with van der Waals surface area (Å²) >= 11 is 1.33. The van der Waals surface area contributed by atoms with Crippen molar-refractivity contribution < 1.29 is 14.6 Å². The summed E-state index contributed by atoms with van der Waals surface area (Å²) in [4.78, 5) is 12.3. The van der Waals surface area contributed by atoms with Gasteiger partial charge in [0.15, 0.2) is 0 Å². The van der Waals surface area contributed by atoms with E-state index in [0.29, 0.717) is 4.88 Å². The molecule has 0 bridgehead atoms. The van der Waals surface area contributed by atoms with Crippen LogP contribution in [0.2, 0.25) is 0 Å². The van der Waals surface area contributed by atoms with Crippen LogP contribution in [0.1, 0.15) is 33.5 Å². The van der Waals surface area contributed by atoms with Crippen molar-refractivity contribution in [2.45, 2.75) is 26.8 Å². The van der Waals surface area contributed by atoms with E-state index in [9.17, 15) is 4.79 Å². The second kappa shape index (κ2) is 7.42. The van der Waals surface area contributed by atoms with Gasteiger partial charge in [-0.2, -0.15) is 0 Å². The highest BCUT2D eigenvalue weighted by Gasteiger charge is 2.10. The number of nitrogens with one attached hydrogen (secondary N) is 1. The molecule has 0 unspecified atom stereocenters. The van der Waals surface area contributed by atoms with E-state index in [-0.39, 0.29) is 0 Å². The molecule has 1 rings (SSSR count). The molecule has 2 N–H and O–H groups in total. The summed E-state index contributed by atoms with van der Waals surface area (Å²) in [6, 6.07) is 1.75. The van der Waals surface area contributed by atoms with Crippen LogP contribution < -0.4 is 5.32 Å². The molecule has 0 radical (unpaired) electrons. The molecule has 5 heteroatoms. The summed E-state index contributed by atoms with van der Waals surface area (Å²) in [6.45, 7) is 7.07. The third kappa shape index (κ3) is 4.85. The minimum absolute atomic E-state index is 0.411. The van der Waals surface area contributed by atoms with Crippen molar-refractivity contribution in [2.75, 3.05) is 19.8 Å². The van der Waals surface area contributed by atoms with Gasteiger partial charge in [-0.15, -0.1) is 11.3 Å². The van der Waals surface area contributed by atoms with Crippen molar-refractivity contribution in [1.29, 1.82) is 0 Å². The number of thiophene rings is 1. The van der Waals surface area contributed by atoms with Crippen molar-refractivity contribution in [3.8, 4) is 0 Å². The summed E-state index contributed by atoms with van der Waals surface area (Å²) in [6.07, 6.45) is 0.975. The lowest BCUT2D eigenvalue weighted by Gasteiger charge is -2.04. The van der Waals surface area contributed by atoms with Gasteiger partial charge in [-0.3, -0.25) is 0 Å². The zero-order valence-electron chi connectivity index (χ0n) is 10.3. The minimum Gasteiger partial charge on any atom is -0.477 e. The van der Waals surface area contributed by atoms with Crippen molar-refractivity contribution >= 4 is 17.3 Å². The third-order valence-corrected chi connectivity index (χ3v) is 3.47. The van der Waals surface area contributed by atoms with Crippen LogP contribution in [0.4, 0.5) is 0 Å². The zero-order valence-corrected chi connectivity index (χ0v) is 11.1. The van der Waals surface area contributed by atoms with Gasteiger partial charge in [0.2, 0.25) is 0 Å². The molecular weight excluding hydrogens is 238 g/mol. The smallest absolute Gasteiger partial charge is 0.345 e. The van der Waals surface area contributed by atoms with E-state index in [1.807, 2.05) is 13.8 Å². The number of hydrogen-bond acceptors (Lipinski definition) is 4. The van der Waals surface area contributed by atoms with Gasteiger partial charge in [0, 0.05) is 24.6 Å². The Labute approximate surface area is 106 Å². The van der Waals surface area contributed by atoms with Gasteiger partial charge in [-0.05, 0) is 38.4 Å². The topological polar surface area (TPSA) is 58.6 Å². The highest BCUT2D eigenvalue weighted by atomic mass is 32.1. The maximum atomic E-state index is 10.8. The lowest BCUT2D eigenvalue weighted by Crippen LogP contribution is -2.16. The second-order valence-electron chi connectivity index (χ2n) is 3.72. The van der Waals surface area contributed by atoms with E-state index < -0.39 is 5.97 Å². The number of rotatable bonds is 8.